The van der Waals surface area contributed by atoms with Crippen LogP contribution >= 0.6 is 0 Å². The molecule has 1 aliphatic heterocycles. The summed E-state index contributed by atoms with van der Waals surface area (Å²) in [6.07, 6.45) is 0. The van der Waals surface area contributed by atoms with Gasteiger partial charge in [0.1, 0.15) is 0 Å². The van der Waals surface area contributed by atoms with Crippen LogP contribution in [0.2, 0.25) is 0 Å². The molecule has 0 aliphatic carbocycles. The van der Waals surface area contributed by atoms with E-state index in [1.165, 1.54) is 4.90 Å². The molecule has 238 valence electrons. The molecule has 6 heteroatoms. The maximum Gasteiger partial charge on any atom is 0.266 e. The van der Waals surface area contributed by atoms with Crippen molar-refractivity contribution in [2.45, 2.75) is 0 Å². The number of rotatable bonds is 4. The lowest BCUT2D eigenvalue weighted by atomic mass is 10.1. The highest BCUT2D eigenvalue weighted by Crippen LogP contribution is 2.42. The number of fused-ring (bicyclic) bond motifs is 7. The van der Waals surface area contributed by atoms with E-state index < -0.39 is 0 Å². The molecular weight excluding hydrogens is 629 g/mol. The smallest absolute Gasteiger partial charge is 0.266 e. The number of carbonyl (C=O) groups is 2. The number of benzene rings is 7. The van der Waals surface area contributed by atoms with Crippen LogP contribution in [-0.2, 0) is 0 Å². The van der Waals surface area contributed by atoms with Crippen molar-refractivity contribution in [3.8, 4) is 28.6 Å². The van der Waals surface area contributed by atoms with Crippen molar-refractivity contribution in [2.75, 3.05) is 4.90 Å². The van der Waals surface area contributed by atoms with E-state index in [0.717, 1.165) is 60.4 Å². The van der Waals surface area contributed by atoms with Gasteiger partial charge in [0.05, 0.1) is 56.2 Å². The number of hydrogen-bond acceptors (Lipinski definition) is 3. The second-order valence-corrected chi connectivity index (χ2v) is 12.8. The first-order chi connectivity index (χ1) is 25.1. The van der Waals surface area contributed by atoms with Gasteiger partial charge >= 0.3 is 0 Å². The van der Waals surface area contributed by atoms with Gasteiger partial charge in [-0.15, -0.1) is 0 Å². The number of aromatic nitrogens is 2. The Morgan fingerprint density at radius 1 is 0.431 bits per heavy atom. The molecule has 0 N–H and O–H groups in total. The van der Waals surface area contributed by atoms with E-state index in [1.54, 1.807) is 42.5 Å². The quantitative estimate of drug-likeness (QED) is 0.177. The second kappa shape index (κ2) is 10.9. The van der Waals surface area contributed by atoms with Crippen LogP contribution in [0.1, 0.15) is 26.3 Å². The Hall–Kier alpha value is -7.23. The summed E-state index contributed by atoms with van der Waals surface area (Å²) in [6.45, 7) is 0. The van der Waals surface area contributed by atoms with Crippen LogP contribution in [0.4, 0.5) is 5.69 Å². The van der Waals surface area contributed by atoms with E-state index in [9.17, 15) is 14.9 Å². The average Bonchev–Trinajstić information content (AvgIpc) is 3.78. The first kappa shape index (κ1) is 28.8. The lowest BCUT2D eigenvalue weighted by Gasteiger charge is -2.20. The van der Waals surface area contributed by atoms with E-state index in [0.29, 0.717) is 28.1 Å². The molecule has 2 aromatic heterocycles. The fourth-order valence-electron chi connectivity index (χ4n) is 7.77. The average molecular weight is 655 g/mol. The fourth-order valence-corrected chi connectivity index (χ4v) is 7.77. The summed E-state index contributed by atoms with van der Waals surface area (Å²) in [5, 5.41) is 14.3. The molecule has 1 aliphatic rings. The summed E-state index contributed by atoms with van der Waals surface area (Å²) in [5.74, 6) is -0.771. The number of anilines is 1. The highest BCUT2D eigenvalue weighted by Gasteiger charge is 2.38. The van der Waals surface area contributed by atoms with E-state index in [4.69, 9.17) is 0 Å². The predicted octanol–water partition coefficient (Wildman–Crippen LogP) is 10.2. The number of para-hydroxylation sites is 2. The van der Waals surface area contributed by atoms with Crippen molar-refractivity contribution < 1.29 is 9.59 Å². The summed E-state index contributed by atoms with van der Waals surface area (Å²) in [6, 6.07) is 54.3. The molecule has 0 fully saturated rings. The van der Waals surface area contributed by atoms with E-state index in [-0.39, 0.29) is 11.8 Å². The summed E-state index contributed by atoms with van der Waals surface area (Å²) >= 11 is 0. The number of hydrogen-bond donors (Lipinski definition) is 0. The second-order valence-electron chi connectivity index (χ2n) is 12.8. The van der Waals surface area contributed by atoms with E-state index in [1.807, 2.05) is 36.4 Å². The van der Waals surface area contributed by atoms with Crippen LogP contribution in [0.3, 0.4) is 0 Å². The topological polar surface area (TPSA) is 71.0 Å². The van der Waals surface area contributed by atoms with Gasteiger partial charge in [-0.3, -0.25) is 9.59 Å². The molecule has 0 atom stereocenters. The van der Waals surface area contributed by atoms with Gasteiger partial charge in [0, 0.05) is 27.2 Å². The van der Waals surface area contributed by atoms with Crippen molar-refractivity contribution in [1.82, 2.24) is 9.13 Å². The number of amides is 2. The van der Waals surface area contributed by atoms with Crippen LogP contribution < -0.4 is 4.90 Å². The van der Waals surface area contributed by atoms with Gasteiger partial charge in [-0.2, -0.15) is 5.26 Å². The Kier molecular flexibility index (Phi) is 6.14. The minimum absolute atomic E-state index is 0.365. The Morgan fingerprint density at radius 3 is 1.63 bits per heavy atom. The SMILES string of the molecule is N#Cc1ccc(N2C(=O)c3ccccc3C2=O)c(-n2c3ccccc3c3cc4c5ccccc5n(-c5ccc(-c6ccccc6)cc5)c4cc32)c1. The van der Waals surface area contributed by atoms with Gasteiger partial charge < -0.3 is 9.13 Å². The number of imide groups is 1. The third kappa shape index (κ3) is 4.16. The Labute approximate surface area is 292 Å². The molecular formula is C45H26N4O2. The maximum atomic E-state index is 13.8. The maximum absolute atomic E-state index is 13.8. The third-order valence-corrected chi connectivity index (χ3v) is 10.1. The van der Waals surface area contributed by atoms with E-state index >= 15 is 0 Å². The van der Waals surface area contributed by atoms with Gasteiger partial charge in [0.15, 0.2) is 0 Å². The standard InChI is InChI=1S/C45H26N4O2/c46-27-28-18-23-40(49-44(50)34-14-4-5-15-35(34)45(49)51)43(24-28)48-39-17-9-7-13-33(39)37-25-36-32-12-6-8-16-38(32)47(41(36)26-42(37)48)31-21-19-30(20-22-31)29-10-2-1-3-11-29/h1-26H. The zero-order valence-corrected chi connectivity index (χ0v) is 27.1. The molecule has 2 amide bonds. The largest absolute Gasteiger partial charge is 0.309 e. The molecule has 9 aromatic rings. The molecule has 0 radical (unpaired) electrons. The monoisotopic (exact) mass is 654 g/mol. The Balaban J connectivity index is 1.26. The van der Waals surface area contributed by atoms with Crippen molar-refractivity contribution in [1.29, 1.82) is 5.26 Å². The minimum atomic E-state index is -0.385. The van der Waals surface area contributed by atoms with Crippen LogP contribution in [0.25, 0.3) is 66.1 Å². The zero-order valence-electron chi connectivity index (χ0n) is 27.1. The first-order valence-electron chi connectivity index (χ1n) is 16.8. The van der Waals surface area contributed by atoms with Crippen molar-refractivity contribution in [3.05, 3.63) is 174 Å². The molecule has 0 bridgehead atoms. The van der Waals surface area contributed by atoms with Crippen LogP contribution in [0.5, 0.6) is 0 Å². The summed E-state index contributed by atoms with van der Waals surface area (Å²) < 4.78 is 4.38. The molecule has 6 nitrogen and oxygen atoms in total. The van der Waals surface area contributed by atoms with Gasteiger partial charge in [-0.25, -0.2) is 4.90 Å². The summed E-state index contributed by atoms with van der Waals surface area (Å²) in [7, 11) is 0. The third-order valence-electron chi connectivity index (χ3n) is 10.1. The normalized spacial score (nSPS) is 12.7. The van der Waals surface area contributed by atoms with Crippen molar-refractivity contribution >= 4 is 61.1 Å². The van der Waals surface area contributed by atoms with E-state index in [2.05, 4.69) is 94.1 Å². The summed E-state index contributed by atoms with van der Waals surface area (Å²) in [5.41, 5.74) is 9.36. The molecule has 0 unspecified atom stereocenters. The number of carbonyl (C=O) groups excluding carboxylic acids is 2. The Bertz CT molecular complexity index is 2930. The van der Waals surface area contributed by atoms with Crippen LogP contribution in [0, 0.1) is 11.3 Å². The Morgan fingerprint density at radius 2 is 0.980 bits per heavy atom. The fraction of sp³-hybridized carbons (Fsp3) is 0. The molecule has 0 saturated carbocycles. The highest BCUT2D eigenvalue weighted by atomic mass is 16.2. The highest BCUT2D eigenvalue weighted by molar-refractivity contribution is 6.35. The number of nitrogens with zero attached hydrogens (tertiary/aromatic N) is 4. The molecule has 0 saturated heterocycles. The zero-order chi connectivity index (χ0) is 34.2. The van der Waals surface area contributed by atoms with Crippen LogP contribution in [0.15, 0.2) is 158 Å². The van der Waals surface area contributed by atoms with Crippen molar-refractivity contribution in [3.63, 3.8) is 0 Å². The molecule has 10 rings (SSSR count). The lowest BCUT2D eigenvalue weighted by molar-refractivity contribution is 0.0926. The van der Waals surface area contributed by atoms with Crippen LogP contribution in [-0.4, -0.2) is 20.9 Å². The van der Waals surface area contributed by atoms with Gasteiger partial charge in [0.25, 0.3) is 11.8 Å². The molecule has 7 aromatic carbocycles. The van der Waals surface area contributed by atoms with Gasteiger partial charge in [0.2, 0.25) is 0 Å². The summed E-state index contributed by atoms with van der Waals surface area (Å²) in [4.78, 5) is 28.9. The molecule has 0 spiro atoms. The van der Waals surface area contributed by atoms with Crippen molar-refractivity contribution in [2.24, 2.45) is 0 Å². The molecule has 51 heavy (non-hydrogen) atoms. The first-order valence-corrected chi connectivity index (χ1v) is 16.8. The minimum Gasteiger partial charge on any atom is -0.309 e. The van der Waals surface area contributed by atoms with Gasteiger partial charge in [-0.05, 0) is 77.9 Å². The van der Waals surface area contributed by atoms with Gasteiger partial charge in [-0.1, -0.05) is 91.0 Å². The molecule has 3 heterocycles. The number of nitriles is 1. The lowest BCUT2D eigenvalue weighted by Crippen LogP contribution is -2.30. The predicted molar refractivity (Wildman–Crippen MR) is 203 cm³/mol.